The molecule has 0 atom stereocenters. The molecular weight excluding hydrogens is 241 g/mol. The molecule has 0 saturated carbocycles. The second-order valence-electron chi connectivity index (χ2n) is 3.47. The highest BCUT2D eigenvalue weighted by Gasteiger charge is 2.38. The number of rotatable bonds is 4. The summed E-state index contributed by atoms with van der Waals surface area (Å²) in [4.78, 5) is 0.721. The van der Waals surface area contributed by atoms with E-state index < -0.39 is 29.1 Å². The van der Waals surface area contributed by atoms with Crippen molar-refractivity contribution in [3.8, 4) is 0 Å². The molecule has 0 spiro atoms. The highest BCUT2D eigenvalue weighted by molar-refractivity contribution is 5.23. The number of benzene rings is 1. The summed E-state index contributed by atoms with van der Waals surface area (Å²) in [7, 11) is 0. The summed E-state index contributed by atoms with van der Waals surface area (Å²) >= 11 is 0. The first-order chi connectivity index (χ1) is 7.84. The van der Waals surface area contributed by atoms with Gasteiger partial charge in [-0.2, -0.15) is 8.78 Å². The molecule has 0 aliphatic carbocycles. The molecule has 0 radical (unpaired) electrons. The van der Waals surface area contributed by atoms with Gasteiger partial charge in [0.1, 0.15) is 0 Å². The third-order valence-electron chi connectivity index (χ3n) is 2.49. The smallest absolute Gasteiger partial charge is 0.241 e. The maximum absolute atomic E-state index is 13.8. The zero-order valence-corrected chi connectivity index (χ0v) is 9.41. The summed E-state index contributed by atoms with van der Waals surface area (Å²) in [6, 6.07) is -2.90. The maximum Gasteiger partial charge on any atom is 0.332 e. The van der Waals surface area contributed by atoms with E-state index in [0.29, 0.717) is 12.1 Å². The third-order valence-corrected chi connectivity index (χ3v) is 2.49. The second kappa shape index (κ2) is 5.00. The van der Waals surface area contributed by atoms with E-state index in [0.717, 1.165) is 4.90 Å². The maximum atomic E-state index is 13.8. The van der Waals surface area contributed by atoms with Crippen molar-refractivity contribution in [2.75, 3.05) is 13.1 Å². The molecule has 0 aliphatic rings. The van der Waals surface area contributed by atoms with E-state index in [9.17, 15) is 22.0 Å². The zero-order valence-electron chi connectivity index (χ0n) is 9.41. The summed E-state index contributed by atoms with van der Waals surface area (Å²) in [6.45, 7) is 3.00. The third kappa shape index (κ3) is 2.57. The Morgan fingerprint density at radius 1 is 1.00 bits per heavy atom. The molecule has 0 fully saturated rings. The van der Waals surface area contributed by atoms with E-state index in [1.54, 1.807) is 0 Å². The molecule has 0 heterocycles. The Labute approximate surface area is 95.8 Å². The fourth-order valence-corrected chi connectivity index (χ4v) is 1.53. The number of halogens is 5. The molecule has 96 valence electrons. The van der Waals surface area contributed by atoms with Crippen LogP contribution in [0, 0.1) is 17.5 Å². The van der Waals surface area contributed by atoms with Gasteiger partial charge in [0.15, 0.2) is 17.5 Å². The topological polar surface area (TPSA) is 3.24 Å². The molecule has 0 unspecified atom stereocenters. The first kappa shape index (κ1) is 13.9. The highest BCUT2D eigenvalue weighted by atomic mass is 19.3. The number of hydrogen-bond acceptors (Lipinski definition) is 1. The number of alkyl halides is 2. The second-order valence-corrected chi connectivity index (χ2v) is 3.47. The molecule has 0 N–H and O–H groups in total. The van der Waals surface area contributed by atoms with E-state index in [1.807, 2.05) is 0 Å². The van der Waals surface area contributed by atoms with Crippen LogP contribution in [-0.4, -0.2) is 18.0 Å². The van der Waals surface area contributed by atoms with Gasteiger partial charge >= 0.3 is 6.05 Å². The number of hydrogen-bond donors (Lipinski definition) is 0. The minimum atomic E-state index is -3.53. The Morgan fingerprint density at radius 2 is 1.41 bits per heavy atom. The Balaban J connectivity index is 3.23. The molecule has 0 amide bonds. The quantitative estimate of drug-likeness (QED) is 0.451. The molecule has 0 aromatic heterocycles. The van der Waals surface area contributed by atoms with E-state index in [2.05, 4.69) is 0 Å². The summed E-state index contributed by atoms with van der Waals surface area (Å²) in [5.74, 6) is -4.98. The van der Waals surface area contributed by atoms with Gasteiger partial charge in [-0.05, 0) is 12.1 Å². The average molecular weight is 253 g/mol. The number of nitrogens with zero attached hydrogens (tertiary/aromatic N) is 1. The van der Waals surface area contributed by atoms with Crippen molar-refractivity contribution in [1.82, 2.24) is 4.90 Å². The summed E-state index contributed by atoms with van der Waals surface area (Å²) < 4.78 is 66.0. The first-order valence-corrected chi connectivity index (χ1v) is 5.12. The van der Waals surface area contributed by atoms with Crippen molar-refractivity contribution < 1.29 is 22.0 Å². The van der Waals surface area contributed by atoms with E-state index in [1.165, 1.54) is 13.8 Å². The molecule has 0 saturated heterocycles. The van der Waals surface area contributed by atoms with Crippen LogP contribution in [0.15, 0.2) is 12.1 Å². The van der Waals surface area contributed by atoms with Crippen molar-refractivity contribution in [2.45, 2.75) is 19.9 Å². The van der Waals surface area contributed by atoms with Crippen LogP contribution in [0.25, 0.3) is 0 Å². The van der Waals surface area contributed by atoms with E-state index in [-0.39, 0.29) is 13.1 Å². The van der Waals surface area contributed by atoms with Gasteiger partial charge in [0.2, 0.25) is 0 Å². The predicted octanol–water partition coefficient (Wildman–Crippen LogP) is 3.50. The van der Waals surface area contributed by atoms with Gasteiger partial charge < -0.3 is 0 Å². The van der Waals surface area contributed by atoms with Gasteiger partial charge in [-0.15, -0.1) is 0 Å². The monoisotopic (exact) mass is 253 g/mol. The molecule has 17 heavy (non-hydrogen) atoms. The minimum absolute atomic E-state index is 0.00408. The van der Waals surface area contributed by atoms with Crippen molar-refractivity contribution in [1.29, 1.82) is 0 Å². The molecule has 0 aliphatic heterocycles. The molecule has 0 bridgehead atoms. The molecule has 1 aromatic carbocycles. The minimum Gasteiger partial charge on any atom is -0.241 e. The van der Waals surface area contributed by atoms with E-state index in [4.69, 9.17) is 0 Å². The Bertz CT molecular complexity index is 378. The molecule has 1 rings (SSSR count). The fourth-order valence-electron chi connectivity index (χ4n) is 1.53. The molecule has 1 aromatic rings. The standard InChI is InChI=1S/C11H12F5N/c1-3-17(4-2)11(15,16)7-5-8(12)10(14)9(13)6-7/h5-6H,3-4H2,1-2H3. The van der Waals surface area contributed by atoms with Crippen molar-refractivity contribution in [2.24, 2.45) is 0 Å². The van der Waals surface area contributed by atoms with Crippen LogP contribution in [0.1, 0.15) is 19.4 Å². The lowest BCUT2D eigenvalue weighted by Gasteiger charge is -2.29. The van der Waals surface area contributed by atoms with Gasteiger partial charge in [-0.1, -0.05) is 13.8 Å². The lowest BCUT2D eigenvalue weighted by Crippen LogP contribution is -2.39. The lowest BCUT2D eigenvalue weighted by atomic mass is 10.1. The van der Waals surface area contributed by atoms with Crippen molar-refractivity contribution >= 4 is 0 Å². The van der Waals surface area contributed by atoms with Crippen molar-refractivity contribution in [3.63, 3.8) is 0 Å². The van der Waals surface area contributed by atoms with Crippen molar-refractivity contribution in [3.05, 3.63) is 35.1 Å². The van der Waals surface area contributed by atoms with Crippen LogP contribution < -0.4 is 0 Å². The highest BCUT2D eigenvalue weighted by Crippen LogP contribution is 2.33. The van der Waals surface area contributed by atoms with Crippen LogP contribution in [0.2, 0.25) is 0 Å². The predicted molar refractivity (Wildman–Crippen MR) is 53.1 cm³/mol. The molecule has 6 heteroatoms. The summed E-state index contributed by atoms with van der Waals surface area (Å²) in [5, 5.41) is 0. The van der Waals surface area contributed by atoms with Crippen LogP contribution in [0.4, 0.5) is 22.0 Å². The van der Waals surface area contributed by atoms with Gasteiger partial charge in [0, 0.05) is 18.7 Å². The average Bonchev–Trinajstić information content (AvgIpc) is 2.26. The van der Waals surface area contributed by atoms with Gasteiger partial charge in [-0.3, -0.25) is 0 Å². The zero-order chi connectivity index (χ0) is 13.2. The molecular formula is C11H12F5N. The SMILES string of the molecule is CCN(CC)C(F)(F)c1cc(F)c(F)c(F)c1. The Hall–Kier alpha value is -1.17. The Kier molecular flexibility index (Phi) is 4.08. The van der Waals surface area contributed by atoms with Crippen LogP contribution in [0.5, 0.6) is 0 Å². The lowest BCUT2D eigenvalue weighted by molar-refractivity contribution is -0.151. The largest absolute Gasteiger partial charge is 0.332 e. The normalized spacial score (nSPS) is 12.2. The van der Waals surface area contributed by atoms with Crippen LogP contribution >= 0.6 is 0 Å². The summed E-state index contributed by atoms with van der Waals surface area (Å²) in [5.41, 5.74) is -0.891. The van der Waals surface area contributed by atoms with Crippen LogP contribution in [0.3, 0.4) is 0 Å². The van der Waals surface area contributed by atoms with Crippen LogP contribution in [-0.2, 0) is 6.05 Å². The van der Waals surface area contributed by atoms with Gasteiger partial charge in [0.25, 0.3) is 0 Å². The first-order valence-electron chi connectivity index (χ1n) is 5.12. The fraction of sp³-hybridized carbons (Fsp3) is 0.455. The summed E-state index contributed by atoms with van der Waals surface area (Å²) in [6.07, 6.45) is 0. The van der Waals surface area contributed by atoms with E-state index >= 15 is 0 Å². The van der Waals surface area contributed by atoms with Gasteiger partial charge in [0.05, 0.1) is 0 Å². The van der Waals surface area contributed by atoms with Gasteiger partial charge in [-0.25, -0.2) is 18.1 Å². The molecule has 1 nitrogen and oxygen atoms in total. The Morgan fingerprint density at radius 3 is 1.76 bits per heavy atom.